The fraction of sp³-hybridized carbons (Fsp3) is 0.500. The summed E-state index contributed by atoms with van der Waals surface area (Å²) in [6, 6.07) is 4.05. The van der Waals surface area contributed by atoms with Gasteiger partial charge < -0.3 is 19.9 Å². The van der Waals surface area contributed by atoms with Crippen molar-refractivity contribution in [2.45, 2.75) is 19.4 Å². The summed E-state index contributed by atoms with van der Waals surface area (Å²) in [7, 11) is 1.63. The Labute approximate surface area is 95.3 Å². The molecule has 0 spiro atoms. The van der Waals surface area contributed by atoms with Gasteiger partial charge in [0.05, 0.1) is 7.11 Å². The number of fused-ring (bicyclic) bond motifs is 1. The van der Waals surface area contributed by atoms with Gasteiger partial charge in [-0.05, 0) is 31.0 Å². The van der Waals surface area contributed by atoms with Crippen LogP contribution in [0.15, 0.2) is 12.1 Å². The number of hydrogen-bond acceptors (Lipinski definition) is 4. The van der Waals surface area contributed by atoms with E-state index in [-0.39, 0.29) is 6.04 Å². The molecule has 1 unspecified atom stereocenters. The zero-order chi connectivity index (χ0) is 11.5. The topological polar surface area (TPSA) is 53.7 Å². The monoisotopic (exact) mass is 223 g/mol. The van der Waals surface area contributed by atoms with Gasteiger partial charge >= 0.3 is 0 Å². The number of nitrogens with two attached hydrogens (primary N) is 1. The highest BCUT2D eigenvalue weighted by Crippen LogP contribution is 2.40. The maximum atomic E-state index is 5.78. The molecule has 1 aliphatic rings. The van der Waals surface area contributed by atoms with Crippen molar-refractivity contribution in [3.63, 3.8) is 0 Å². The van der Waals surface area contributed by atoms with Crippen LogP contribution in [0.2, 0.25) is 0 Å². The Morgan fingerprint density at radius 2 is 2.12 bits per heavy atom. The van der Waals surface area contributed by atoms with Crippen LogP contribution in [0.4, 0.5) is 0 Å². The van der Waals surface area contributed by atoms with Gasteiger partial charge in [0, 0.05) is 6.04 Å². The van der Waals surface area contributed by atoms with Crippen LogP contribution in [0, 0.1) is 0 Å². The van der Waals surface area contributed by atoms with E-state index >= 15 is 0 Å². The van der Waals surface area contributed by atoms with Gasteiger partial charge in [-0.1, -0.05) is 0 Å². The van der Waals surface area contributed by atoms with E-state index in [0.717, 1.165) is 17.7 Å². The molecule has 1 atom stereocenters. The molecule has 1 heterocycles. The molecule has 2 N–H and O–H groups in total. The lowest BCUT2D eigenvalue weighted by molar-refractivity contribution is 0.165. The SMILES string of the molecule is COc1cc(CC(C)N)cc2c1OCCO2. The highest BCUT2D eigenvalue weighted by Gasteiger charge is 2.18. The molecule has 0 saturated carbocycles. The van der Waals surface area contributed by atoms with E-state index in [0.29, 0.717) is 24.7 Å². The van der Waals surface area contributed by atoms with Crippen molar-refractivity contribution in [1.29, 1.82) is 0 Å². The maximum absolute atomic E-state index is 5.78. The molecule has 0 bridgehead atoms. The van der Waals surface area contributed by atoms with Crippen molar-refractivity contribution in [3.8, 4) is 17.2 Å². The van der Waals surface area contributed by atoms with Crippen LogP contribution >= 0.6 is 0 Å². The predicted octanol–water partition coefficient (Wildman–Crippen LogP) is 1.36. The van der Waals surface area contributed by atoms with Crippen LogP contribution in [0.3, 0.4) is 0 Å². The zero-order valence-corrected chi connectivity index (χ0v) is 9.66. The van der Waals surface area contributed by atoms with Gasteiger partial charge in [-0.25, -0.2) is 0 Å². The van der Waals surface area contributed by atoms with Gasteiger partial charge in [0.25, 0.3) is 0 Å². The average molecular weight is 223 g/mol. The van der Waals surface area contributed by atoms with Gasteiger partial charge in [-0.15, -0.1) is 0 Å². The molecule has 0 aromatic heterocycles. The van der Waals surface area contributed by atoms with Crippen molar-refractivity contribution in [1.82, 2.24) is 0 Å². The first-order valence-electron chi connectivity index (χ1n) is 5.43. The first kappa shape index (κ1) is 11.1. The van der Waals surface area contributed by atoms with Crippen molar-refractivity contribution in [2.75, 3.05) is 20.3 Å². The maximum Gasteiger partial charge on any atom is 0.203 e. The molecule has 0 saturated heterocycles. The zero-order valence-electron chi connectivity index (χ0n) is 9.66. The van der Waals surface area contributed by atoms with Crippen LogP contribution < -0.4 is 19.9 Å². The molecule has 1 aromatic rings. The summed E-state index contributed by atoms with van der Waals surface area (Å²) >= 11 is 0. The molecular weight excluding hydrogens is 206 g/mol. The summed E-state index contributed by atoms with van der Waals surface area (Å²) < 4.78 is 16.4. The number of benzene rings is 1. The molecule has 2 rings (SSSR count). The van der Waals surface area contributed by atoms with Gasteiger partial charge in [-0.3, -0.25) is 0 Å². The first-order valence-corrected chi connectivity index (χ1v) is 5.43. The third kappa shape index (κ3) is 2.22. The largest absolute Gasteiger partial charge is 0.493 e. The molecule has 1 aromatic carbocycles. The van der Waals surface area contributed by atoms with Gasteiger partial charge in [-0.2, -0.15) is 0 Å². The molecule has 88 valence electrons. The molecule has 4 nitrogen and oxygen atoms in total. The lowest BCUT2D eigenvalue weighted by atomic mass is 10.1. The lowest BCUT2D eigenvalue weighted by Crippen LogP contribution is -2.19. The number of rotatable bonds is 3. The van der Waals surface area contributed by atoms with E-state index in [1.807, 2.05) is 19.1 Å². The predicted molar refractivity (Wildman–Crippen MR) is 61.3 cm³/mol. The van der Waals surface area contributed by atoms with Crippen LogP contribution in [0.25, 0.3) is 0 Å². The molecule has 0 amide bonds. The van der Waals surface area contributed by atoms with E-state index in [2.05, 4.69) is 0 Å². The highest BCUT2D eigenvalue weighted by atomic mass is 16.6. The quantitative estimate of drug-likeness (QED) is 0.840. The normalized spacial score (nSPS) is 15.7. The summed E-state index contributed by atoms with van der Waals surface area (Å²) in [5.41, 5.74) is 6.89. The van der Waals surface area contributed by atoms with E-state index < -0.39 is 0 Å². The Morgan fingerprint density at radius 1 is 1.38 bits per heavy atom. The number of hydrogen-bond donors (Lipinski definition) is 1. The van der Waals surface area contributed by atoms with Gasteiger partial charge in [0.15, 0.2) is 11.5 Å². The van der Waals surface area contributed by atoms with Crippen molar-refractivity contribution >= 4 is 0 Å². The minimum Gasteiger partial charge on any atom is -0.493 e. The lowest BCUT2D eigenvalue weighted by Gasteiger charge is -2.21. The fourth-order valence-electron chi connectivity index (χ4n) is 1.82. The Bertz CT molecular complexity index is 360. The van der Waals surface area contributed by atoms with Crippen LogP contribution in [-0.4, -0.2) is 26.4 Å². The van der Waals surface area contributed by atoms with Gasteiger partial charge in [0.2, 0.25) is 5.75 Å². The molecule has 0 aliphatic carbocycles. The van der Waals surface area contributed by atoms with Crippen LogP contribution in [0.5, 0.6) is 17.2 Å². The summed E-state index contributed by atoms with van der Waals surface area (Å²) in [6.45, 7) is 3.12. The fourth-order valence-corrected chi connectivity index (χ4v) is 1.82. The second-order valence-corrected chi connectivity index (χ2v) is 4.00. The Morgan fingerprint density at radius 3 is 2.81 bits per heavy atom. The molecule has 0 fully saturated rings. The molecule has 1 aliphatic heterocycles. The van der Waals surface area contributed by atoms with E-state index in [1.165, 1.54) is 0 Å². The van der Waals surface area contributed by atoms with Crippen molar-refractivity contribution in [3.05, 3.63) is 17.7 Å². The van der Waals surface area contributed by atoms with Crippen LogP contribution in [-0.2, 0) is 6.42 Å². The molecule has 4 heteroatoms. The number of ether oxygens (including phenoxy) is 3. The summed E-state index contributed by atoms with van der Waals surface area (Å²) in [5.74, 6) is 2.16. The first-order chi connectivity index (χ1) is 7.70. The van der Waals surface area contributed by atoms with E-state index in [9.17, 15) is 0 Å². The summed E-state index contributed by atoms with van der Waals surface area (Å²) in [4.78, 5) is 0. The minimum absolute atomic E-state index is 0.118. The van der Waals surface area contributed by atoms with E-state index in [4.69, 9.17) is 19.9 Å². The van der Waals surface area contributed by atoms with Crippen molar-refractivity contribution < 1.29 is 14.2 Å². The average Bonchev–Trinajstić information content (AvgIpc) is 2.27. The Hall–Kier alpha value is -1.42. The molecular formula is C12H17NO3. The molecule has 0 radical (unpaired) electrons. The third-order valence-electron chi connectivity index (χ3n) is 2.45. The van der Waals surface area contributed by atoms with Crippen molar-refractivity contribution in [2.24, 2.45) is 5.73 Å². The van der Waals surface area contributed by atoms with E-state index in [1.54, 1.807) is 7.11 Å². The smallest absolute Gasteiger partial charge is 0.203 e. The second-order valence-electron chi connectivity index (χ2n) is 4.00. The minimum atomic E-state index is 0.118. The number of methoxy groups -OCH3 is 1. The summed E-state index contributed by atoms with van der Waals surface area (Å²) in [5, 5.41) is 0. The standard InChI is InChI=1S/C12H17NO3/c1-8(13)5-9-6-10(14-2)12-11(7-9)15-3-4-16-12/h6-8H,3-5,13H2,1-2H3. The third-order valence-corrected chi connectivity index (χ3v) is 2.45. The Kier molecular flexibility index (Phi) is 3.19. The van der Waals surface area contributed by atoms with Crippen LogP contribution in [0.1, 0.15) is 12.5 Å². The summed E-state index contributed by atoms with van der Waals surface area (Å²) in [6.07, 6.45) is 0.799. The highest BCUT2D eigenvalue weighted by molar-refractivity contribution is 5.54. The molecule has 16 heavy (non-hydrogen) atoms. The van der Waals surface area contributed by atoms with Gasteiger partial charge in [0.1, 0.15) is 13.2 Å². The Balaban J connectivity index is 2.35. The second kappa shape index (κ2) is 4.61.